The van der Waals surface area contributed by atoms with E-state index in [4.69, 9.17) is 9.47 Å². The lowest BCUT2D eigenvalue weighted by molar-refractivity contribution is 0.0579. The summed E-state index contributed by atoms with van der Waals surface area (Å²) >= 11 is 0. The van der Waals surface area contributed by atoms with E-state index in [0.29, 0.717) is 23.6 Å². The second-order valence-corrected chi connectivity index (χ2v) is 9.53. The monoisotopic (exact) mass is 497 g/mol. The van der Waals surface area contributed by atoms with Gasteiger partial charge in [-0.25, -0.2) is 9.78 Å². The van der Waals surface area contributed by atoms with E-state index < -0.39 is 11.7 Å². The Labute approximate surface area is 217 Å². The van der Waals surface area contributed by atoms with Gasteiger partial charge in [0, 0.05) is 29.7 Å². The molecule has 0 aliphatic rings. The van der Waals surface area contributed by atoms with E-state index in [-0.39, 0.29) is 19.0 Å². The second-order valence-electron chi connectivity index (χ2n) is 9.53. The third-order valence-corrected chi connectivity index (χ3v) is 5.46. The van der Waals surface area contributed by atoms with E-state index in [9.17, 15) is 9.59 Å². The Kier molecular flexibility index (Phi) is 8.03. The largest absolute Gasteiger partial charge is 0.487 e. The number of rotatable bonds is 8. The van der Waals surface area contributed by atoms with Crippen LogP contribution in [0.4, 0.5) is 10.5 Å². The Morgan fingerprint density at radius 1 is 0.865 bits per heavy atom. The van der Waals surface area contributed by atoms with E-state index in [1.807, 2.05) is 87.5 Å². The highest BCUT2D eigenvalue weighted by Gasteiger charge is 2.23. The van der Waals surface area contributed by atoms with Crippen molar-refractivity contribution in [2.45, 2.75) is 33.0 Å². The van der Waals surface area contributed by atoms with Crippen molar-refractivity contribution in [1.82, 2.24) is 10.3 Å². The van der Waals surface area contributed by atoms with Crippen LogP contribution in [0.3, 0.4) is 0 Å². The Balaban J connectivity index is 1.31. The average molecular weight is 498 g/mol. The Bertz CT molecular complexity index is 1350. The summed E-state index contributed by atoms with van der Waals surface area (Å²) in [4.78, 5) is 31.6. The summed E-state index contributed by atoms with van der Waals surface area (Å²) in [6, 6.07) is 28.1. The number of hydrogen-bond donors (Lipinski definition) is 1. The standard InChI is InChI=1S/C30H31N3O4/c1-30(2,3)37-29(35)33(25-10-5-4-6-11-25)20-19-31-28(34)23-14-17-26(18-15-23)36-21-24-16-13-22-9-7-8-12-27(22)32-24/h4-18H,19-21H2,1-3H3,(H,31,34). The van der Waals surface area contributed by atoms with Crippen LogP contribution >= 0.6 is 0 Å². The van der Waals surface area contributed by atoms with Gasteiger partial charge in [-0.15, -0.1) is 0 Å². The maximum atomic E-state index is 12.7. The molecule has 0 fully saturated rings. The topological polar surface area (TPSA) is 80.8 Å². The molecular weight excluding hydrogens is 466 g/mol. The molecule has 7 nitrogen and oxygen atoms in total. The first-order valence-electron chi connectivity index (χ1n) is 12.2. The minimum absolute atomic E-state index is 0.236. The maximum absolute atomic E-state index is 12.7. The fourth-order valence-electron chi connectivity index (χ4n) is 3.68. The summed E-state index contributed by atoms with van der Waals surface area (Å²) in [5.74, 6) is 0.409. The fourth-order valence-corrected chi connectivity index (χ4v) is 3.68. The number of carbonyl (C=O) groups is 2. The van der Waals surface area contributed by atoms with Gasteiger partial charge in [-0.2, -0.15) is 0 Å². The molecule has 0 bridgehead atoms. The summed E-state index contributed by atoms with van der Waals surface area (Å²) in [5.41, 5.74) is 2.33. The Morgan fingerprint density at radius 3 is 2.30 bits per heavy atom. The Morgan fingerprint density at radius 2 is 1.57 bits per heavy atom. The number of pyridine rings is 1. The smallest absolute Gasteiger partial charge is 0.414 e. The van der Waals surface area contributed by atoms with E-state index >= 15 is 0 Å². The van der Waals surface area contributed by atoms with Gasteiger partial charge >= 0.3 is 6.09 Å². The lowest BCUT2D eigenvalue weighted by atomic mass is 10.2. The van der Waals surface area contributed by atoms with Crippen LogP contribution < -0.4 is 15.0 Å². The third kappa shape index (κ3) is 7.30. The molecule has 0 radical (unpaired) electrons. The summed E-state index contributed by atoms with van der Waals surface area (Å²) in [6.07, 6.45) is -0.463. The van der Waals surface area contributed by atoms with Gasteiger partial charge in [-0.1, -0.05) is 42.5 Å². The molecule has 7 heteroatoms. The van der Waals surface area contributed by atoms with Gasteiger partial charge in [0.25, 0.3) is 5.91 Å². The summed E-state index contributed by atoms with van der Waals surface area (Å²) in [7, 11) is 0. The van der Waals surface area contributed by atoms with E-state index in [1.54, 1.807) is 24.3 Å². The van der Waals surface area contributed by atoms with Crippen molar-refractivity contribution in [2.75, 3.05) is 18.0 Å². The zero-order chi connectivity index (χ0) is 26.3. The first-order valence-corrected chi connectivity index (χ1v) is 12.2. The molecule has 1 N–H and O–H groups in total. The zero-order valence-corrected chi connectivity index (χ0v) is 21.3. The van der Waals surface area contributed by atoms with Gasteiger partial charge in [0.05, 0.1) is 11.2 Å². The molecule has 0 saturated carbocycles. The predicted molar refractivity (Wildman–Crippen MR) is 145 cm³/mol. The van der Waals surface area contributed by atoms with Crippen molar-refractivity contribution in [3.8, 4) is 5.75 Å². The number of para-hydroxylation sites is 2. The first kappa shape index (κ1) is 25.7. The molecule has 1 aromatic heterocycles. The number of ether oxygens (including phenoxy) is 2. The van der Waals surface area contributed by atoms with Crippen molar-refractivity contribution in [1.29, 1.82) is 0 Å². The predicted octanol–water partition coefficient (Wildman–Crippen LogP) is 5.99. The molecule has 0 aliphatic carbocycles. The first-order chi connectivity index (χ1) is 17.8. The molecule has 0 atom stereocenters. The fraction of sp³-hybridized carbons (Fsp3) is 0.233. The number of hydrogen-bond acceptors (Lipinski definition) is 5. The maximum Gasteiger partial charge on any atom is 0.414 e. The molecule has 4 aromatic rings. The highest BCUT2D eigenvalue weighted by molar-refractivity contribution is 5.94. The second kappa shape index (κ2) is 11.6. The number of carbonyl (C=O) groups excluding carboxylic acids is 2. The van der Waals surface area contributed by atoms with Gasteiger partial charge < -0.3 is 14.8 Å². The number of aromatic nitrogens is 1. The van der Waals surface area contributed by atoms with Crippen LogP contribution in [0.1, 0.15) is 36.8 Å². The highest BCUT2D eigenvalue weighted by Crippen LogP contribution is 2.18. The van der Waals surface area contributed by atoms with Crippen LogP contribution in [-0.4, -0.2) is 35.7 Å². The van der Waals surface area contributed by atoms with Gasteiger partial charge in [-0.3, -0.25) is 9.69 Å². The number of anilines is 1. The van der Waals surface area contributed by atoms with Crippen LogP contribution in [0.2, 0.25) is 0 Å². The molecule has 3 aromatic carbocycles. The highest BCUT2D eigenvalue weighted by atomic mass is 16.6. The SMILES string of the molecule is CC(C)(C)OC(=O)N(CCNC(=O)c1ccc(OCc2ccc3ccccc3n2)cc1)c1ccccc1. The van der Waals surface area contributed by atoms with Crippen LogP contribution in [0.15, 0.2) is 91.0 Å². The molecule has 0 unspecified atom stereocenters. The number of nitrogens with one attached hydrogen (secondary N) is 1. The molecule has 2 amide bonds. The quantitative estimate of drug-likeness (QED) is 0.324. The number of nitrogens with zero attached hydrogens (tertiary/aromatic N) is 2. The zero-order valence-electron chi connectivity index (χ0n) is 21.3. The van der Waals surface area contributed by atoms with Crippen molar-refractivity contribution in [3.05, 3.63) is 102 Å². The van der Waals surface area contributed by atoms with Crippen molar-refractivity contribution >= 4 is 28.6 Å². The summed E-state index contributed by atoms with van der Waals surface area (Å²) < 4.78 is 11.4. The minimum Gasteiger partial charge on any atom is -0.487 e. The van der Waals surface area contributed by atoms with Crippen molar-refractivity contribution in [3.63, 3.8) is 0 Å². The van der Waals surface area contributed by atoms with Crippen molar-refractivity contribution < 1.29 is 19.1 Å². The van der Waals surface area contributed by atoms with Crippen LogP contribution in [0.5, 0.6) is 5.75 Å². The van der Waals surface area contributed by atoms with Gasteiger partial charge in [-0.05, 0) is 69.3 Å². The molecule has 190 valence electrons. The lowest BCUT2D eigenvalue weighted by Gasteiger charge is -2.27. The van der Waals surface area contributed by atoms with E-state index in [1.165, 1.54) is 4.90 Å². The normalized spacial score (nSPS) is 11.1. The lowest BCUT2D eigenvalue weighted by Crippen LogP contribution is -2.41. The summed E-state index contributed by atoms with van der Waals surface area (Å²) in [5, 5.41) is 3.95. The molecule has 1 heterocycles. The molecule has 0 spiro atoms. The van der Waals surface area contributed by atoms with E-state index in [2.05, 4.69) is 10.3 Å². The van der Waals surface area contributed by atoms with Crippen LogP contribution in [0.25, 0.3) is 10.9 Å². The number of fused-ring (bicyclic) bond motifs is 1. The molecular formula is C30H31N3O4. The van der Waals surface area contributed by atoms with Crippen molar-refractivity contribution in [2.24, 2.45) is 0 Å². The van der Waals surface area contributed by atoms with Gasteiger partial charge in [0.15, 0.2) is 0 Å². The van der Waals surface area contributed by atoms with Crippen LogP contribution in [-0.2, 0) is 11.3 Å². The average Bonchev–Trinajstić information content (AvgIpc) is 2.89. The van der Waals surface area contributed by atoms with E-state index in [0.717, 1.165) is 16.6 Å². The summed E-state index contributed by atoms with van der Waals surface area (Å²) in [6.45, 7) is 6.32. The van der Waals surface area contributed by atoms with Gasteiger partial charge in [0.1, 0.15) is 18.0 Å². The third-order valence-electron chi connectivity index (χ3n) is 5.46. The Hall–Kier alpha value is -4.39. The number of amides is 2. The minimum atomic E-state index is -0.623. The molecule has 0 saturated heterocycles. The van der Waals surface area contributed by atoms with Gasteiger partial charge in [0.2, 0.25) is 0 Å². The molecule has 0 aliphatic heterocycles. The van der Waals surface area contributed by atoms with Crippen LogP contribution in [0, 0.1) is 0 Å². The molecule has 4 rings (SSSR count). The molecule has 37 heavy (non-hydrogen) atoms. The number of benzene rings is 3.